The lowest BCUT2D eigenvalue weighted by Crippen LogP contribution is -2.48. The Kier molecular flexibility index (Phi) is 5.15. The van der Waals surface area contributed by atoms with Crippen molar-refractivity contribution in [2.75, 3.05) is 19.8 Å². The van der Waals surface area contributed by atoms with Crippen molar-refractivity contribution in [1.82, 2.24) is 16.0 Å². The normalized spacial score (nSPS) is 21.7. The standard InChI is InChI=1S/C13H23N3O3/c1-9(13(18)16-10-2-3-10)14-8-12(17)15-11-4-6-19-7-5-11/h9-11,14H,2-8H2,1H3,(H,15,17)(H,16,18). The average molecular weight is 269 g/mol. The highest BCUT2D eigenvalue weighted by molar-refractivity contribution is 5.83. The Balaban J connectivity index is 1.60. The maximum absolute atomic E-state index is 11.7. The van der Waals surface area contributed by atoms with Gasteiger partial charge in [-0.3, -0.25) is 14.9 Å². The summed E-state index contributed by atoms with van der Waals surface area (Å²) in [6, 6.07) is 0.229. The predicted molar refractivity (Wildman–Crippen MR) is 70.6 cm³/mol. The van der Waals surface area contributed by atoms with Crippen LogP contribution in [-0.2, 0) is 14.3 Å². The molecule has 0 aromatic heterocycles. The van der Waals surface area contributed by atoms with Gasteiger partial charge in [0.1, 0.15) is 0 Å². The van der Waals surface area contributed by atoms with Crippen molar-refractivity contribution in [1.29, 1.82) is 0 Å². The Morgan fingerprint density at radius 2 is 1.74 bits per heavy atom. The van der Waals surface area contributed by atoms with Gasteiger partial charge >= 0.3 is 0 Å². The summed E-state index contributed by atoms with van der Waals surface area (Å²) in [5, 5.41) is 8.81. The first-order valence-electron chi connectivity index (χ1n) is 7.06. The van der Waals surface area contributed by atoms with Crippen LogP contribution >= 0.6 is 0 Å². The molecule has 1 aliphatic carbocycles. The zero-order valence-corrected chi connectivity index (χ0v) is 11.4. The van der Waals surface area contributed by atoms with Crippen molar-refractivity contribution in [3.63, 3.8) is 0 Å². The first kappa shape index (κ1) is 14.3. The van der Waals surface area contributed by atoms with Gasteiger partial charge in [0, 0.05) is 25.3 Å². The van der Waals surface area contributed by atoms with Crippen LogP contribution in [0.2, 0.25) is 0 Å². The SMILES string of the molecule is CC(NCC(=O)NC1CCOCC1)C(=O)NC1CC1. The zero-order chi connectivity index (χ0) is 13.7. The van der Waals surface area contributed by atoms with Crippen LogP contribution in [0, 0.1) is 0 Å². The third-order valence-electron chi connectivity index (χ3n) is 3.47. The van der Waals surface area contributed by atoms with Gasteiger partial charge in [0.05, 0.1) is 12.6 Å². The second-order valence-electron chi connectivity index (χ2n) is 5.34. The number of amides is 2. The third-order valence-corrected chi connectivity index (χ3v) is 3.47. The van der Waals surface area contributed by atoms with Gasteiger partial charge in [-0.25, -0.2) is 0 Å². The van der Waals surface area contributed by atoms with Crippen molar-refractivity contribution < 1.29 is 14.3 Å². The van der Waals surface area contributed by atoms with Gasteiger partial charge < -0.3 is 15.4 Å². The van der Waals surface area contributed by atoms with Gasteiger partial charge in [0.15, 0.2) is 0 Å². The second-order valence-corrected chi connectivity index (χ2v) is 5.34. The quantitative estimate of drug-likeness (QED) is 0.609. The number of ether oxygens (including phenoxy) is 1. The van der Waals surface area contributed by atoms with E-state index in [-0.39, 0.29) is 30.4 Å². The lowest BCUT2D eigenvalue weighted by Gasteiger charge is -2.23. The molecule has 3 N–H and O–H groups in total. The Hall–Kier alpha value is -1.14. The molecule has 1 unspecified atom stereocenters. The maximum atomic E-state index is 11.7. The molecule has 0 spiro atoms. The number of nitrogens with one attached hydrogen (secondary N) is 3. The van der Waals surface area contributed by atoms with E-state index in [1.807, 2.05) is 0 Å². The maximum Gasteiger partial charge on any atom is 0.237 e. The molecular weight excluding hydrogens is 246 g/mol. The number of carbonyl (C=O) groups excluding carboxylic acids is 2. The van der Waals surface area contributed by atoms with E-state index < -0.39 is 0 Å². The van der Waals surface area contributed by atoms with Gasteiger partial charge in [-0.2, -0.15) is 0 Å². The van der Waals surface area contributed by atoms with Gasteiger partial charge in [-0.15, -0.1) is 0 Å². The van der Waals surface area contributed by atoms with E-state index in [0.717, 1.165) is 25.7 Å². The van der Waals surface area contributed by atoms with E-state index in [2.05, 4.69) is 16.0 Å². The average Bonchev–Trinajstić information content (AvgIpc) is 3.21. The highest BCUT2D eigenvalue weighted by Gasteiger charge is 2.25. The van der Waals surface area contributed by atoms with Gasteiger partial charge in [0.2, 0.25) is 11.8 Å². The van der Waals surface area contributed by atoms with E-state index in [1.54, 1.807) is 6.92 Å². The van der Waals surface area contributed by atoms with Gasteiger partial charge in [0.25, 0.3) is 0 Å². The van der Waals surface area contributed by atoms with E-state index in [9.17, 15) is 9.59 Å². The summed E-state index contributed by atoms with van der Waals surface area (Å²) in [4.78, 5) is 23.4. The summed E-state index contributed by atoms with van der Waals surface area (Å²) in [6.45, 7) is 3.37. The van der Waals surface area contributed by atoms with Crippen molar-refractivity contribution >= 4 is 11.8 Å². The molecule has 0 aromatic carbocycles. The zero-order valence-electron chi connectivity index (χ0n) is 11.4. The fourth-order valence-electron chi connectivity index (χ4n) is 2.01. The summed E-state index contributed by atoms with van der Waals surface area (Å²) >= 11 is 0. The summed E-state index contributed by atoms with van der Waals surface area (Å²) in [5.74, 6) is -0.0839. The molecule has 0 radical (unpaired) electrons. The van der Waals surface area contributed by atoms with Crippen molar-refractivity contribution in [2.24, 2.45) is 0 Å². The fourth-order valence-corrected chi connectivity index (χ4v) is 2.01. The molecule has 2 aliphatic rings. The van der Waals surface area contributed by atoms with Crippen LogP contribution in [0.4, 0.5) is 0 Å². The van der Waals surface area contributed by atoms with E-state index in [0.29, 0.717) is 19.3 Å². The first-order valence-corrected chi connectivity index (χ1v) is 7.06. The van der Waals surface area contributed by atoms with E-state index in [1.165, 1.54) is 0 Å². The Morgan fingerprint density at radius 3 is 2.37 bits per heavy atom. The Bertz CT molecular complexity index is 325. The van der Waals surface area contributed by atoms with E-state index >= 15 is 0 Å². The second kappa shape index (κ2) is 6.86. The Labute approximate surface area is 113 Å². The van der Waals surface area contributed by atoms with Crippen molar-refractivity contribution in [3.05, 3.63) is 0 Å². The molecule has 1 heterocycles. The summed E-state index contributed by atoms with van der Waals surface area (Å²) in [6.07, 6.45) is 3.87. The highest BCUT2D eigenvalue weighted by atomic mass is 16.5. The van der Waals surface area contributed by atoms with Gasteiger partial charge in [-0.05, 0) is 32.6 Å². The summed E-state index contributed by atoms with van der Waals surface area (Å²) in [5.41, 5.74) is 0. The number of hydrogen-bond acceptors (Lipinski definition) is 4. The molecule has 1 saturated carbocycles. The fraction of sp³-hybridized carbons (Fsp3) is 0.846. The molecule has 1 aliphatic heterocycles. The monoisotopic (exact) mass is 269 g/mol. The molecule has 108 valence electrons. The minimum Gasteiger partial charge on any atom is -0.381 e. The molecule has 6 nitrogen and oxygen atoms in total. The van der Waals surface area contributed by atoms with Crippen LogP contribution in [0.5, 0.6) is 0 Å². The highest BCUT2D eigenvalue weighted by Crippen LogP contribution is 2.18. The Morgan fingerprint density at radius 1 is 1.11 bits per heavy atom. The molecule has 2 rings (SSSR count). The largest absolute Gasteiger partial charge is 0.381 e. The molecule has 1 saturated heterocycles. The number of carbonyl (C=O) groups is 2. The lowest BCUT2D eigenvalue weighted by atomic mass is 10.1. The summed E-state index contributed by atoms with van der Waals surface area (Å²) in [7, 11) is 0. The molecule has 19 heavy (non-hydrogen) atoms. The number of rotatable bonds is 6. The van der Waals surface area contributed by atoms with Crippen LogP contribution in [0.15, 0.2) is 0 Å². The lowest BCUT2D eigenvalue weighted by molar-refractivity contribution is -0.124. The minimum absolute atomic E-state index is 0.0265. The van der Waals surface area contributed by atoms with Crippen molar-refractivity contribution in [3.8, 4) is 0 Å². The van der Waals surface area contributed by atoms with E-state index in [4.69, 9.17) is 4.74 Å². The third kappa shape index (κ3) is 5.16. The molecule has 0 bridgehead atoms. The predicted octanol–water partition coefficient (Wildman–Crippen LogP) is -0.462. The molecule has 2 fully saturated rings. The number of hydrogen-bond donors (Lipinski definition) is 3. The van der Waals surface area contributed by atoms with Crippen LogP contribution < -0.4 is 16.0 Å². The molecule has 2 amide bonds. The van der Waals surface area contributed by atoms with Gasteiger partial charge in [-0.1, -0.05) is 0 Å². The topological polar surface area (TPSA) is 79.5 Å². The molecule has 6 heteroatoms. The van der Waals surface area contributed by atoms with Crippen LogP contribution in [0.1, 0.15) is 32.6 Å². The van der Waals surface area contributed by atoms with Crippen LogP contribution in [-0.4, -0.2) is 49.7 Å². The minimum atomic E-state index is -0.332. The smallest absolute Gasteiger partial charge is 0.237 e. The molecule has 1 atom stereocenters. The van der Waals surface area contributed by atoms with Crippen LogP contribution in [0.3, 0.4) is 0 Å². The molecular formula is C13H23N3O3. The molecule has 0 aromatic rings. The first-order chi connectivity index (χ1) is 9.15. The van der Waals surface area contributed by atoms with Crippen molar-refractivity contribution in [2.45, 2.75) is 50.7 Å². The van der Waals surface area contributed by atoms with Crippen LogP contribution in [0.25, 0.3) is 0 Å². The summed E-state index contributed by atoms with van der Waals surface area (Å²) < 4.78 is 5.23.